The first-order chi connectivity index (χ1) is 8.49. The Morgan fingerprint density at radius 2 is 1.44 bits per heavy atom. The van der Waals surface area contributed by atoms with Crippen LogP contribution in [0.15, 0.2) is 36.4 Å². The number of hydrogen-bond acceptors (Lipinski definition) is 1. The van der Waals surface area contributed by atoms with Crippen LogP contribution in [-0.2, 0) is 0 Å². The Morgan fingerprint density at radius 3 is 2.11 bits per heavy atom. The van der Waals surface area contributed by atoms with Crippen molar-refractivity contribution >= 4 is 23.2 Å². The Labute approximate surface area is 113 Å². The maximum absolute atomic E-state index is 13.6. The molecule has 2 aromatic carbocycles. The predicted octanol–water partition coefficient (Wildman–Crippen LogP) is 4.35. The SMILES string of the molecule is OC(c1ccc(Cl)cc1F)c1cc(Cl)ccc1F. The summed E-state index contributed by atoms with van der Waals surface area (Å²) >= 11 is 11.3. The van der Waals surface area contributed by atoms with E-state index in [-0.39, 0.29) is 21.2 Å². The van der Waals surface area contributed by atoms with Gasteiger partial charge in [0.2, 0.25) is 0 Å². The zero-order valence-corrected chi connectivity index (χ0v) is 10.5. The number of aliphatic hydroxyl groups excluding tert-OH is 1. The molecule has 0 aliphatic rings. The summed E-state index contributed by atoms with van der Waals surface area (Å²) in [5.41, 5.74) is -0.135. The van der Waals surface area contributed by atoms with E-state index in [2.05, 4.69) is 0 Å². The van der Waals surface area contributed by atoms with E-state index in [1.54, 1.807) is 0 Å². The summed E-state index contributed by atoms with van der Waals surface area (Å²) in [6.07, 6.45) is -1.43. The third-order valence-electron chi connectivity index (χ3n) is 2.51. The second-order valence-electron chi connectivity index (χ2n) is 3.73. The normalized spacial score (nSPS) is 12.5. The van der Waals surface area contributed by atoms with Crippen molar-refractivity contribution in [3.05, 3.63) is 69.2 Å². The summed E-state index contributed by atoms with van der Waals surface area (Å²) < 4.78 is 27.2. The Balaban J connectivity index is 2.47. The smallest absolute Gasteiger partial charge is 0.130 e. The fourth-order valence-corrected chi connectivity index (χ4v) is 1.95. The zero-order valence-electron chi connectivity index (χ0n) is 9.00. The second-order valence-corrected chi connectivity index (χ2v) is 4.61. The van der Waals surface area contributed by atoms with E-state index >= 15 is 0 Å². The summed E-state index contributed by atoms with van der Waals surface area (Å²) in [5, 5.41) is 10.5. The molecule has 94 valence electrons. The van der Waals surface area contributed by atoms with Gasteiger partial charge < -0.3 is 5.11 Å². The molecule has 1 nitrogen and oxygen atoms in total. The second kappa shape index (κ2) is 5.22. The first-order valence-corrected chi connectivity index (χ1v) is 5.82. The van der Waals surface area contributed by atoms with Crippen LogP contribution in [0.1, 0.15) is 17.2 Å². The van der Waals surface area contributed by atoms with E-state index in [0.717, 1.165) is 12.1 Å². The number of aliphatic hydroxyl groups is 1. The number of hydrogen-bond donors (Lipinski definition) is 1. The molecule has 1 atom stereocenters. The van der Waals surface area contributed by atoms with Crippen molar-refractivity contribution in [3.63, 3.8) is 0 Å². The van der Waals surface area contributed by atoms with Crippen LogP contribution in [0, 0.1) is 11.6 Å². The molecule has 2 aromatic rings. The third-order valence-corrected chi connectivity index (χ3v) is 2.98. The minimum Gasteiger partial charge on any atom is -0.383 e. The van der Waals surface area contributed by atoms with Crippen molar-refractivity contribution in [3.8, 4) is 0 Å². The highest BCUT2D eigenvalue weighted by atomic mass is 35.5. The topological polar surface area (TPSA) is 20.2 Å². The number of rotatable bonds is 2. The number of halogens is 4. The summed E-state index contributed by atoms with van der Waals surface area (Å²) in [6, 6.07) is 7.52. The van der Waals surface area contributed by atoms with Crippen molar-refractivity contribution in [2.45, 2.75) is 6.10 Å². The van der Waals surface area contributed by atoms with E-state index in [1.807, 2.05) is 0 Å². The van der Waals surface area contributed by atoms with Gasteiger partial charge in [0.05, 0.1) is 0 Å². The summed E-state index contributed by atoms with van der Waals surface area (Å²) in [6.45, 7) is 0. The van der Waals surface area contributed by atoms with Crippen LogP contribution in [-0.4, -0.2) is 5.11 Å². The molecule has 0 heterocycles. The third kappa shape index (κ3) is 2.64. The molecule has 0 aromatic heterocycles. The Kier molecular flexibility index (Phi) is 3.85. The predicted molar refractivity (Wildman–Crippen MR) is 66.9 cm³/mol. The molecule has 0 aliphatic carbocycles. The molecule has 0 bridgehead atoms. The maximum atomic E-state index is 13.6. The maximum Gasteiger partial charge on any atom is 0.130 e. The van der Waals surface area contributed by atoms with Gasteiger partial charge in [-0.3, -0.25) is 0 Å². The number of benzene rings is 2. The summed E-state index contributed by atoms with van der Waals surface area (Å²) in [7, 11) is 0. The van der Waals surface area contributed by atoms with Gasteiger partial charge in [-0.05, 0) is 30.3 Å². The zero-order chi connectivity index (χ0) is 13.3. The molecule has 2 rings (SSSR count). The van der Waals surface area contributed by atoms with Gasteiger partial charge >= 0.3 is 0 Å². The van der Waals surface area contributed by atoms with Gasteiger partial charge in [-0.1, -0.05) is 29.3 Å². The summed E-state index contributed by atoms with van der Waals surface area (Å²) in [5.74, 6) is -1.35. The van der Waals surface area contributed by atoms with Crippen LogP contribution in [0.3, 0.4) is 0 Å². The van der Waals surface area contributed by atoms with Gasteiger partial charge in [-0.15, -0.1) is 0 Å². The lowest BCUT2D eigenvalue weighted by Gasteiger charge is -2.13. The van der Waals surface area contributed by atoms with Gasteiger partial charge in [0.15, 0.2) is 0 Å². The molecule has 1 N–H and O–H groups in total. The monoisotopic (exact) mass is 288 g/mol. The quantitative estimate of drug-likeness (QED) is 0.871. The highest BCUT2D eigenvalue weighted by Gasteiger charge is 2.19. The fourth-order valence-electron chi connectivity index (χ4n) is 1.61. The highest BCUT2D eigenvalue weighted by molar-refractivity contribution is 6.30. The Morgan fingerprint density at radius 1 is 0.833 bits per heavy atom. The largest absolute Gasteiger partial charge is 0.383 e. The van der Waals surface area contributed by atoms with Gasteiger partial charge in [-0.25, -0.2) is 8.78 Å². The van der Waals surface area contributed by atoms with Gasteiger partial charge in [0.25, 0.3) is 0 Å². The van der Waals surface area contributed by atoms with Crippen LogP contribution in [0.2, 0.25) is 10.0 Å². The van der Waals surface area contributed by atoms with E-state index < -0.39 is 17.7 Å². The molecular weight excluding hydrogens is 281 g/mol. The summed E-state index contributed by atoms with van der Waals surface area (Å²) in [4.78, 5) is 0. The lowest BCUT2D eigenvalue weighted by Crippen LogP contribution is -2.05. The van der Waals surface area contributed by atoms with Crippen LogP contribution in [0.25, 0.3) is 0 Å². The Hall–Kier alpha value is -1.16. The van der Waals surface area contributed by atoms with Gasteiger partial charge in [0, 0.05) is 21.2 Å². The molecule has 0 fully saturated rings. The van der Waals surface area contributed by atoms with E-state index in [1.165, 1.54) is 24.3 Å². The highest BCUT2D eigenvalue weighted by Crippen LogP contribution is 2.29. The van der Waals surface area contributed by atoms with Crippen molar-refractivity contribution in [2.75, 3.05) is 0 Å². The molecule has 0 amide bonds. The molecule has 0 aliphatic heterocycles. The average molecular weight is 289 g/mol. The molecule has 0 spiro atoms. The fraction of sp³-hybridized carbons (Fsp3) is 0.0769. The van der Waals surface area contributed by atoms with Gasteiger partial charge in [0.1, 0.15) is 17.7 Å². The lowest BCUT2D eigenvalue weighted by molar-refractivity contribution is 0.210. The molecule has 1 unspecified atom stereocenters. The van der Waals surface area contributed by atoms with Crippen molar-refractivity contribution in [1.82, 2.24) is 0 Å². The van der Waals surface area contributed by atoms with E-state index in [9.17, 15) is 13.9 Å². The minimum atomic E-state index is -1.43. The molecule has 0 radical (unpaired) electrons. The van der Waals surface area contributed by atoms with Crippen molar-refractivity contribution in [1.29, 1.82) is 0 Å². The van der Waals surface area contributed by atoms with Crippen molar-refractivity contribution in [2.24, 2.45) is 0 Å². The first-order valence-electron chi connectivity index (χ1n) is 5.07. The van der Waals surface area contributed by atoms with Crippen LogP contribution in [0.4, 0.5) is 8.78 Å². The standard InChI is InChI=1S/C13H8Cl2F2O/c14-7-2-4-11(16)10(5-7)13(18)9-3-1-8(15)6-12(9)17/h1-6,13,18H. The molecular formula is C13H8Cl2F2O. The van der Waals surface area contributed by atoms with Crippen LogP contribution < -0.4 is 0 Å². The molecule has 0 saturated carbocycles. The van der Waals surface area contributed by atoms with Crippen LogP contribution in [0.5, 0.6) is 0 Å². The van der Waals surface area contributed by atoms with Gasteiger partial charge in [-0.2, -0.15) is 0 Å². The minimum absolute atomic E-state index is 0.0550. The lowest BCUT2D eigenvalue weighted by atomic mass is 10.0. The molecule has 5 heteroatoms. The van der Waals surface area contributed by atoms with E-state index in [0.29, 0.717) is 0 Å². The average Bonchev–Trinajstić information content (AvgIpc) is 2.31. The first kappa shape index (κ1) is 13.3. The molecule has 0 saturated heterocycles. The Bertz CT molecular complexity index is 587. The van der Waals surface area contributed by atoms with Crippen molar-refractivity contribution < 1.29 is 13.9 Å². The molecule has 18 heavy (non-hydrogen) atoms. The van der Waals surface area contributed by atoms with Crippen LogP contribution >= 0.6 is 23.2 Å². The van der Waals surface area contributed by atoms with E-state index in [4.69, 9.17) is 23.2 Å².